The van der Waals surface area contributed by atoms with E-state index in [1.54, 1.807) is 17.4 Å². The second-order valence-corrected chi connectivity index (χ2v) is 11.2. The van der Waals surface area contributed by atoms with E-state index in [1.165, 1.54) is 35.6 Å². The second-order valence-electron chi connectivity index (χ2n) is 10.1. The van der Waals surface area contributed by atoms with Crippen molar-refractivity contribution in [2.75, 3.05) is 49.1 Å². The van der Waals surface area contributed by atoms with Crippen LogP contribution in [0.5, 0.6) is 0 Å². The summed E-state index contributed by atoms with van der Waals surface area (Å²) in [5.74, 6) is 2.69. The number of carbonyl (C=O) groups excluding carboxylic acids is 1. The number of carbonyl (C=O) groups is 1. The standard InChI is InChI=1S/C27H32FN5OS/c1-18-24-22(17-35-18)29-25(19-5-4-6-19)30-26(24)32-11-9-20(10-12-32)27(34)33-15-13-31(14-16-33)23-8-3-2-7-21(23)28/h2-3,7-8,17,19-20H,4-6,9-16H2,1H3. The number of nitrogens with zero attached hydrogens (tertiary/aromatic N) is 5. The Hall–Kier alpha value is -2.74. The van der Waals surface area contributed by atoms with Crippen molar-refractivity contribution >= 4 is 39.7 Å². The topological polar surface area (TPSA) is 52.6 Å². The molecule has 1 aromatic carbocycles. The van der Waals surface area contributed by atoms with Gasteiger partial charge < -0.3 is 14.7 Å². The fraction of sp³-hybridized carbons (Fsp3) is 0.519. The minimum absolute atomic E-state index is 0.0539. The number of amides is 1. The van der Waals surface area contributed by atoms with Gasteiger partial charge in [0.15, 0.2) is 0 Å². The predicted molar refractivity (Wildman–Crippen MR) is 139 cm³/mol. The predicted octanol–water partition coefficient (Wildman–Crippen LogP) is 4.97. The fourth-order valence-corrected chi connectivity index (χ4v) is 6.43. The van der Waals surface area contributed by atoms with Crippen LogP contribution >= 0.6 is 11.3 Å². The molecular formula is C27H32FN5OS. The van der Waals surface area contributed by atoms with Gasteiger partial charge in [0, 0.05) is 61.4 Å². The van der Waals surface area contributed by atoms with Gasteiger partial charge >= 0.3 is 0 Å². The lowest BCUT2D eigenvalue weighted by Gasteiger charge is -2.39. The van der Waals surface area contributed by atoms with Crippen LogP contribution in [-0.4, -0.2) is 60.0 Å². The van der Waals surface area contributed by atoms with Crippen LogP contribution in [0.1, 0.15) is 48.7 Å². The Labute approximate surface area is 209 Å². The molecule has 2 aliphatic heterocycles. The van der Waals surface area contributed by atoms with Crippen molar-refractivity contribution < 1.29 is 9.18 Å². The van der Waals surface area contributed by atoms with Crippen molar-refractivity contribution in [1.29, 1.82) is 0 Å². The lowest BCUT2D eigenvalue weighted by Crippen LogP contribution is -2.52. The molecule has 0 spiro atoms. The van der Waals surface area contributed by atoms with Crippen LogP contribution in [0.15, 0.2) is 29.6 Å². The molecule has 2 aromatic heterocycles. The van der Waals surface area contributed by atoms with E-state index >= 15 is 0 Å². The van der Waals surface area contributed by atoms with E-state index in [9.17, 15) is 9.18 Å². The highest BCUT2D eigenvalue weighted by atomic mass is 32.1. The molecule has 2 saturated heterocycles. The third-order valence-electron chi connectivity index (χ3n) is 8.03. The molecule has 3 aromatic rings. The molecule has 0 unspecified atom stereocenters. The molecule has 0 bridgehead atoms. The summed E-state index contributed by atoms with van der Waals surface area (Å²) in [5, 5.41) is 3.35. The molecule has 184 valence electrons. The van der Waals surface area contributed by atoms with E-state index in [-0.39, 0.29) is 17.6 Å². The van der Waals surface area contributed by atoms with E-state index < -0.39 is 0 Å². The first-order valence-electron chi connectivity index (χ1n) is 12.9. The number of aromatic nitrogens is 2. The molecule has 1 amide bonds. The zero-order valence-electron chi connectivity index (χ0n) is 20.3. The molecule has 0 N–H and O–H groups in total. The lowest BCUT2D eigenvalue weighted by atomic mass is 9.85. The summed E-state index contributed by atoms with van der Waals surface area (Å²) in [6, 6.07) is 6.89. The summed E-state index contributed by atoms with van der Waals surface area (Å²) in [6.07, 6.45) is 5.34. The van der Waals surface area contributed by atoms with Gasteiger partial charge in [0.25, 0.3) is 0 Å². The number of hydrogen-bond acceptors (Lipinski definition) is 6. The Morgan fingerprint density at radius 1 is 0.971 bits per heavy atom. The number of piperidine rings is 1. The minimum Gasteiger partial charge on any atom is -0.366 e. The molecular weight excluding hydrogens is 461 g/mol. The molecule has 8 heteroatoms. The average molecular weight is 494 g/mol. The first-order chi connectivity index (χ1) is 17.1. The van der Waals surface area contributed by atoms with Crippen LogP contribution in [0.3, 0.4) is 0 Å². The number of piperazine rings is 1. The molecule has 0 atom stereocenters. The molecule has 3 fully saturated rings. The maximum atomic E-state index is 14.2. The SMILES string of the molecule is Cc1scc2nc(C3CCC3)nc(N3CCC(C(=O)N4CCN(c5ccccc5F)CC4)CC3)c12. The van der Waals surface area contributed by atoms with Gasteiger partial charge in [0.05, 0.1) is 16.6 Å². The van der Waals surface area contributed by atoms with Gasteiger partial charge in [-0.3, -0.25) is 4.79 Å². The van der Waals surface area contributed by atoms with Crippen LogP contribution in [0, 0.1) is 18.7 Å². The van der Waals surface area contributed by atoms with Crippen molar-refractivity contribution in [2.24, 2.45) is 5.92 Å². The van der Waals surface area contributed by atoms with Crippen molar-refractivity contribution in [3.05, 3.63) is 46.2 Å². The lowest BCUT2D eigenvalue weighted by molar-refractivity contribution is -0.136. The van der Waals surface area contributed by atoms with Crippen molar-refractivity contribution in [2.45, 2.75) is 44.9 Å². The van der Waals surface area contributed by atoms with Crippen LogP contribution in [0.2, 0.25) is 0 Å². The Morgan fingerprint density at radius 3 is 2.40 bits per heavy atom. The fourth-order valence-electron chi connectivity index (χ4n) is 5.66. The summed E-state index contributed by atoms with van der Waals surface area (Å²) in [5.41, 5.74) is 1.71. The first kappa shape index (κ1) is 22.7. The van der Waals surface area contributed by atoms with E-state index in [0.717, 1.165) is 43.1 Å². The van der Waals surface area contributed by atoms with Crippen LogP contribution in [-0.2, 0) is 4.79 Å². The smallest absolute Gasteiger partial charge is 0.225 e. The number of rotatable bonds is 4. The van der Waals surface area contributed by atoms with Crippen molar-refractivity contribution in [1.82, 2.24) is 14.9 Å². The normalized spacial score (nSPS) is 19.9. The second kappa shape index (κ2) is 9.37. The van der Waals surface area contributed by atoms with Gasteiger partial charge in [0.1, 0.15) is 17.5 Å². The average Bonchev–Trinajstić information content (AvgIpc) is 3.23. The Kier molecular flexibility index (Phi) is 6.08. The van der Waals surface area contributed by atoms with Crippen LogP contribution in [0.4, 0.5) is 15.9 Å². The molecule has 3 aliphatic rings. The molecule has 4 heterocycles. The molecule has 6 rings (SSSR count). The van der Waals surface area contributed by atoms with Crippen LogP contribution in [0.25, 0.3) is 10.9 Å². The number of para-hydroxylation sites is 1. The molecule has 1 aliphatic carbocycles. The quantitative estimate of drug-likeness (QED) is 0.514. The number of benzene rings is 1. The first-order valence-corrected chi connectivity index (χ1v) is 13.8. The van der Waals surface area contributed by atoms with Crippen LogP contribution < -0.4 is 9.80 Å². The third kappa shape index (κ3) is 4.26. The van der Waals surface area contributed by atoms with Gasteiger partial charge in [-0.1, -0.05) is 18.6 Å². The van der Waals surface area contributed by atoms with E-state index in [0.29, 0.717) is 37.8 Å². The zero-order valence-corrected chi connectivity index (χ0v) is 21.1. The Balaban J connectivity index is 1.10. The van der Waals surface area contributed by atoms with E-state index in [1.807, 2.05) is 21.9 Å². The number of thiophene rings is 1. The molecule has 6 nitrogen and oxygen atoms in total. The van der Waals surface area contributed by atoms with Gasteiger partial charge in [-0.05, 0) is 44.7 Å². The minimum atomic E-state index is -0.195. The third-order valence-corrected chi connectivity index (χ3v) is 8.93. The highest BCUT2D eigenvalue weighted by molar-refractivity contribution is 7.11. The van der Waals surface area contributed by atoms with Crippen molar-refractivity contribution in [3.8, 4) is 0 Å². The van der Waals surface area contributed by atoms with Gasteiger partial charge in [-0.25, -0.2) is 14.4 Å². The number of aryl methyl sites for hydroxylation is 1. The number of halogens is 1. The summed E-state index contributed by atoms with van der Waals surface area (Å²) < 4.78 is 14.2. The maximum Gasteiger partial charge on any atom is 0.225 e. The Bertz CT molecular complexity index is 1230. The van der Waals surface area contributed by atoms with E-state index in [4.69, 9.17) is 9.97 Å². The van der Waals surface area contributed by atoms with Gasteiger partial charge in [-0.2, -0.15) is 0 Å². The highest BCUT2D eigenvalue weighted by Crippen LogP contribution is 2.39. The number of anilines is 2. The van der Waals surface area contributed by atoms with Crippen molar-refractivity contribution in [3.63, 3.8) is 0 Å². The largest absolute Gasteiger partial charge is 0.366 e. The summed E-state index contributed by atoms with van der Waals surface area (Å²) in [6.45, 7) is 6.49. The zero-order chi connectivity index (χ0) is 23.9. The molecule has 35 heavy (non-hydrogen) atoms. The van der Waals surface area contributed by atoms with E-state index in [2.05, 4.69) is 17.2 Å². The summed E-state index contributed by atoms with van der Waals surface area (Å²) in [7, 11) is 0. The monoisotopic (exact) mass is 493 g/mol. The van der Waals surface area contributed by atoms with Gasteiger partial charge in [0.2, 0.25) is 5.91 Å². The highest BCUT2D eigenvalue weighted by Gasteiger charge is 2.33. The number of fused-ring (bicyclic) bond motifs is 1. The molecule has 1 saturated carbocycles. The Morgan fingerprint density at radius 2 is 1.71 bits per heavy atom. The van der Waals surface area contributed by atoms with Gasteiger partial charge in [-0.15, -0.1) is 11.3 Å². The summed E-state index contributed by atoms with van der Waals surface area (Å²) >= 11 is 1.75. The molecule has 0 radical (unpaired) electrons. The summed E-state index contributed by atoms with van der Waals surface area (Å²) in [4.78, 5) is 31.0. The maximum absolute atomic E-state index is 14.2. The number of hydrogen-bond donors (Lipinski definition) is 0.